The van der Waals surface area contributed by atoms with Gasteiger partial charge in [0.25, 0.3) is 0 Å². The smallest absolute Gasteiger partial charge is 0.241 e. The van der Waals surface area contributed by atoms with Gasteiger partial charge in [-0.25, -0.2) is 0 Å². The second-order valence-corrected chi connectivity index (χ2v) is 9.08. The van der Waals surface area contributed by atoms with Crippen molar-refractivity contribution >= 4 is 34.9 Å². The lowest BCUT2D eigenvalue weighted by Gasteiger charge is -2.40. The van der Waals surface area contributed by atoms with Crippen LogP contribution in [0.1, 0.15) is 13.8 Å². The normalized spacial score (nSPS) is 20.8. The minimum absolute atomic E-state index is 0.114. The summed E-state index contributed by atoms with van der Waals surface area (Å²) in [6, 6.07) is 7.78. The van der Waals surface area contributed by atoms with Gasteiger partial charge in [-0.15, -0.1) is 0 Å². The van der Waals surface area contributed by atoms with Crippen molar-refractivity contribution in [3.63, 3.8) is 0 Å². The summed E-state index contributed by atoms with van der Waals surface area (Å²) < 4.78 is 0. The maximum absolute atomic E-state index is 13.0. The Morgan fingerprint density at radius 1 is 1.07 bits per heavy atom. The number of piperazine rings is 2. The van der Waals surface area contributed by atoms with Crippen LogP contribution in [0.4, 0.5) is 5.82 Å². The molecule has 2 aromatic rings. The molecule has 1 unspecified atom stereocenters. The first-order valence-corrected chi connectivity index (χ1v) is 11.2. The largest absolute Gasteiger partial charge is 0.352 e. The lowest BCUT2D eigenvalue weighted by Crippen LogP contribution is -2.61. The average Bonchev–Trinajstić information content (AvgIpc) is 3.23. The molecule has 0 radical (unpaired) electrons. The van der Waals surface area contributed by atoms with Crippen molar-refractivity contribution in [2.45, 2.75) is 25.9 Å². The molecule has 1 aromatic carbocycles. The third kappa shape index (κ3) is 4.75. The maximum atomic E-state index is 13.0. The van der Waals surface area contributed by atoms with Gasteiger partial charge >= 0.3 is 0 Å². The monoisotopic (exact) mass is 450 g/mol. The fraction of sp³-hybridized carbons (Fsp3) is 0.524. The number of aromatic nitrogens is 2. The van der Waals surface area contributed by atoms with Crippen LogP contribution in [0.2, 0.25) is 10.0 Å². The van der Waals surface area contributed by atoms with Crippen LogP contribution in [0.15, 0.2) is 24.3 Å². The molecular formula is C21H28Cl2N6O. The van der Waals surface area contributed by atoms with E-state index in [1.54, 1.807) is 6.07 Å². The van der Waals surface area contributed by atoms with Crippen molar-refractivity contribution in [2.24, 2.45) is 0 Å². The Kier molecular flexibility index (Phi) is 6.53. The molecule has 9 heteroatoms. The van der Waals surface area contributed by atoms with E-state index in [0.717, 1.165) is 49.8 Å². The Balaban J connectivity index is 1.36. The van der Waals surface area contributed by atoms with E-state index in [4.69, 9.17) is 23.2 Å². The number of anilines is 1. The van der Waals surface area contributed by atoms with E-state index in [1.165, 1.54) is 0 Å². The topological polar surface area (TPSA) is 67.5 Å². The van der Waals surface area contributed by atoms with Gasteiger partial charge in [0.1, 0.15) is 0 Å². The molecule has 7 nitrogen and oxygen atoms in total. The zero-order valence-corrected chi connectivity index (χ0v) is 18.9. The van der Waals surface area contributed by atoms with E-state index in [9.17, 15) is 4.79 Å². The highest BCUT2D eigenvalue weighted by atomic mass is 35.5. The molecule has 1 atom stereocenters. The molecule has 0 saturated carbocycles. The zero-order chi connectivity index (χ0) is 21.3. The SMILES string of the molecule is CC(C)N1CCNC(C(=O)N2CCN(c3cc(-c4cc(Cl)cc(Cl)c4)[nH]n3)CC2)C1. The summed E-state index contributed by atoms with van der Waals surface area (Å²) in [7, 11) is 0. The van der Waals surface area contributed by atoms with Crippen molar-refractivity contribution in [3.05, 3.63) is 34.3 Å². The van der Waals surface area contributed by atoms with E-state index >= 15 is 0 Å². The Morgan fingerprint density at radius 3 is 2.43 bits per heavy atom. The summed E-state index contributed by atoms with van der Waals surface area (Å²) in [5.41, 5.74) is 1.77. The van der Waals surface area contributed by atoms with Crippen LogP contribution in [0.25, 0.3) is 11.3 Å². The molecule has 3 heterocycles. The minimum Gasteiger partial charge on any atom is -0.352 e. The molecule has 0 bridgehead atoms. The maximum Gasteiger partial charge on any atom is 0.241 e. The van der Waals surface area contributed by atoms with E-state index in [2.05, 4.69) is 39.2 Å². The lowest BCUT2D eigenvalue weighted by molar-refractivity contribution is -0.135. The fourth-order valence-corrected chi connectivity index (χ4v) is 4.64. The summed E-state index contributed by atoms with van der Waals surface area (Å²) in [4.78, 5) is 19.5. The lowest BCUT2D eigenvalue weighted by atomic mass is 10.1. The van der Waals surface area contributed by atoms with Crippen molar-refractivity contribution in [1.29, 1.82) is 0 Å². The molecule has 1 amide bonds. The predicted octanol–water partition coefficient (Wildman–Crippen LogP) is 2.71. The van der Waals surface area contributed by atoms with Gasteiger partial charge in [-0.1, -0.05) is 23.2 Å². The molecule has 2 aliphatic rings. The Hall–Kier alpha value is -1.80. The second-order valence-electron chi connectivity index (χ2n) is 8.21. The van der Waals surface area contributed by atoms with E-state index in [0.29, 0.717) is 29.2 Å². The molecule has 162 valence electrons. The number of nitrogens with one attached hydrogen (secondary N) is 2. The van der Waals surface area contributed by atoms with Crippen LogP contribution in [-0.2, 0) is 4.79 Å². The van der Waals surface area contributed by atoms with Crippen molar-refractivity contribution in [2.75, 3.05) is 50.7 Å². The van der Waals surface area contributed by atoms with Crippen LogP contribution >= 0.6 is 23.2 Å². The minimum atomic E-state index is -0.114. The second kappa shape index (κ2) is 9.14. The Morgan fingerprint density at radius 2 is 1.77 bits per heavy atom. The van der Waals surface area contributed by atoms with E-state index in [1.807, 2.05) is 23.1 Å². The highest BCUT2D eigenvalue weighted by Crippen LogP contribution is 2.28. The molecule has 2 N–H and O–H groups in total. The molecule has 1 aromatic heterocycles. The molecule has 4 rings (SSSR count). The number of rotatable bonds is 4. The average molecular weight is 451 g/mol. The van der Waals surface area contributed by atoms with Gasteiger partial charge < -0.3 is 15.1 Å². The number of benzene rings is 1. The number of amides is 1. The van der Waals surface area contributed by atoms with Crippen LogP contribution in [0.5, 0.6) is 0 Å². The molecular weight excluding hydrogens is 423 g/mol. The van der Waals surface area contributed by atoms with Crippen LogP contribution in [0, 0.1) is 0 Å². The third-order valence-corrected chi connectivity index (χ3v) is 6.32. The number of hydrogen-bond acceptors (Lipinski definition) is 5. The highest BCUT2D eigenvalue weighted by molar-refractivity contribution is 6.35. The molecule has 2 aliphatic heterocycles. The van der Waals surface area contributed by atoms with Gasteiger partial charge in [0, 0.05) is 73.5 Å². The number of H-pyrrole nitrogens is 1. The molecule has 2 fully saturated rings. The van der Waals surface area contributed by atoms with Crippen molar-refractivity contribution < 1.29 is 4.79 Å². The van der Waals surface area contributed by atoms with Gasteiger partial charge in [-0.05, 0) is 32.0 Å². The molecule has 2 saturated heterocycles. The number of halogens is 2. The van der Waals surface area contributed by atoms with Gasteiger partial charge in [-0.3, -0.25) is 14.8 Å². The highest BCUT2D eigenvalue weighted by Gasteiger charge is 2.31. The molecule has 30 heavy (non-hydrogen) atoms. The Bertz CT molecular complexity index is 873. The van der Waals surface area contributed by atoms with E-state index in [-0.39, 0.29) is 11.9 Å². The molecule has 0 spiro atoms. The quantitative estimate of drug-likeness (QED) is 0.749. The number of nitrogens with zero attached hydrogens (tertiary/aromatic N) is 4. The number of carbonyl (C=O) groups is 1. The Labute approximate surface area is 187 Å². The number of aromatic amines is 1. The zero-order valence-electron chi connectivity index (χ0n) is 17.4. The fourth-order valence-electron chi connectivity index (χ4n) is 4.11. The standard InChI is InChI=1S/C21H28Cl2N6O/c1-14(2)29-4-3-24-19(13-29)21(30)28-7-5-27(6-8-28)20-12-18(25-26-20)15-9-16(22)11-17(23)10-15/h9-12,14,19,24H,3-8,13H2,1-2H3,(H,25,26). The summed E-state index contributed by atoms with van der Waals surface area (Å²) in [6.07, 6.45) is 0. The molecule has 0 aliphatic carbocycles. The summed E-state index contributed by atoms with van der Waals surface area (Å²) in [5.74, 6) is 1.08. The summed E-state index contributed by atoms with van der Waals surface area (Å²) >= 11 is 12.2. The van der Waals surface area contributed by atoms with Gasteiger partial charge in [0.05, 0.1) is 11.7 Å². The number of hydrogen-bond donors (Lipinski definition) is 2. The van der Waals surface area contributed by atoms with Crippen molar-refractivity contribution in [3.8, 4) is 11.3 Å². The van der Waals surface area contributed by atoms with Crippen molar-refractivity contribution in [1.82, 2.24) is 25.3 Å². The van der Waals surface area contributed by atoms with Gasteiger partial charge in [-0.2, -0.15) is 5.10 Å². The van der Waals surface area contributed by atoms with Gasteiger partial charge in [0.2, 0.25) is 5.91 Å². The summed E-state index contributed by atoms with van der Waals surface area (Å²) in [6.45, 7) is 9.91. The number of carbonyl (C=O) groups excluding carboxylic acids is 1. The van der Waals surface area contributed by atoms with Gasteiger partial charge in [0.15, 0.2) is 5.82 Å². The first kappa shape index (κ1) is 21.4. The predicted molar refractivity (Wildman–Crippen MR) is 121 cm³/mol. The summed E-state index contributed by atoms with van der Waals surface area (Å²) in [5, 5.41) is 12.1. The van der Waals surface area contributed by atoms with Crippen LogP contribution < -0.4 is 10.2 Å². The first-order valence-electron chi connectivity index (χ1n) is 10.4. The first-order chi connectivity index (χ1) is 14.4. The van der Waals surface area contributed by atoms with Crippen LogP contribution in [0.3, 0.4) is 0 Å². The third-order valence-electron chi connectivity index (χ3n) is 5.89. The van der Waals surface area contributed by atoms with Crippen LogP contribution in [-0.4, -0.2) is 83.8 Å². The van der Waals surface area contributed by atoms with E-state index < -0.39 is 0 Å².